The van der Waals surface area contributed by atoms with E-state index < -0.39 is 5.54 Å². The van der Waals surface area contributed by atoms with Crippen molar-refractivity contribution >= 4 is 5.97 Å². The van der Waals surface area contributed by atoms with E-state index in [1.165, 1.54) is 32.8 Å². The number of hydrogen-bond donors (Lipinski definition) is 1. The van der Waals surface area contributed by atoms with Crippen LogP contribution in [0.15, 0.2) is 0 Å². The maximum absolute atomic E-state index is 12.1. The number of methoxy groups -OCH3 is 1. The van der Waals surface area contributed by atoms with E-state index in [0.29, 0.717) is 0 Å². The Balaban J connectivity index is 1.95. The Kier molecular flexibility index (Phi) is 4.85. The normalized spacial score (nSPS) is 22.3. The second-order valence-electron chi connectivity index (χ2n) is 6.43. The Morgan fingerprint density at radius 1 is 1.26 bits per heavy atom. The van der Waals surface area contributed by atoms with Gasteiger partial charge in [0.15, 0.2) is 0 Å². The van der Waals surface area contributed by atoms with Crippen LogP contribution in [0.3, 0.4) is 0 Å². The van der Waals surface area contributed by atoms with Crippen molar-refractivity contribution in [2.45, 2.75) is 45.1 Å². The minimum atomic E-state index is -0.576. The summed E-state index contributed by atoms with van der Waals surface area (Å²) in [5.74, 6) is 1.58. The summed E-state index contributed by atoms with van der Waals surface area (Å²) < 4.78 is 4.98. The Morgan fingerprint density at radius 2 is 1.79 bits per heavy atom. The number of carbonyl (C=O) groups is 1. The minimum absolute atomic E-state index is 0.147. The summed E-state index contributed by atoms with van der Waals surface area (Å²) in [5.41, 5.74) is -0.576. The van der Waals surface area contributed by atoms with E-state index in [2.05, 4.69) is 10.2 Å². The van der Waals surface area contributed by atoms with Gasteiger partial charge in [0.05, 0.1) is 7.11 Å². The maximum atomic E-state index is 12.1. The van der Waals surface area contributed by atoms with Crippen LogP contribution in [0.25, 0.3) is 0 Å². The van der Waals surface area contributed by atoms with Crippen molar-refractivity contribution in [2.24, 2.45) is 11.8 Å². The van der Waals surface area contributed by atoms with Crippen molar-refractivity contribution in [2.75, 3.05) is 33.3 Å². The molecule has 0 radical (unpaired) electrons. The van der Waals surface area contributed by atoms with Crippen LogP contribution in [0.4, 0.5) is 0 Å². The van der Waals surface area contributed by atoms with Gasteiger partial charge in [0.25, 0.3) is 0 Å². The topological polar surface area (TPSA) is 41.6 Å². The fraction of sp³-hybridized carbons (Fsp3) is 0.933. The van der Waals surface area contributed by atoms with Crippen molar-refractivity contribution in [1.29, 1.82) is 0 Å². The van der Waals surface area contributed by atoms with Gasteiger partial charge in [-0.1, -0.05) is 6.92 Å². The Hall–Kier alpha value is -0.610. The van der Waals surface area contributed by atoms with Crippen LogP contribution >= 0.6 is 0 Å². The van der Waals surface area contributed by atoms with E-state index in [9.17, 15) is 4.79 Å². The second kappa shape index (κ2) is 6.23. The average molecular weight is 268 g/mol. The van der Waals surface area contributed by atoms with E-state index in [0.717, 1.165) is 38.0 Å². The highest BCUT2D eigenvalue weighted by Crippen LogP contribution is 2.34. The molecule has 2 fully saturated rings. The molecule has 2 rings (SSSR count). The highest BCUT2D eigenvalue weighted by atomic mass is 16.5. The summed E-state index contributed by atoms with van der Waals surface area (Å²) in [5, 5.41) is 3.31. The summed E-state index contributed by atoms with van der Waals surface area (Å²) in [6.07, 6.45) is 5.43. The second-order valence-corrected chi connectivity index (χ2v) is 6.43. The van der Waals surface area contributed by atoms with Crippen LogP contribution in [-0.4, -0.2) is 49.7 Å². The zero-order valence-electron chi connectivity index (χ0n) is 12.6. The average Bonchev–Trinajstić information content (AvgIpc) is 3.24. The molecule has 0 aromatic carbocycles. The van der Waals surface area contributed by atoms with Crippen molar-refractivity contribution in [3.05, 3.63) is 0 Å². The molecule has 1 N–H and O–H groups in total. The molecule has 2 aliphatic carbocycles. The number of ether oxygens (including phenoxy) is 1. The molecule has 0 bridgehead atoms. The zero-order valence-corrected chi connectivity index (χ0v) is 12.6. The predicted molar refractivity (Wildman–Crippen MR) is 76.0 cm³/mol. The first-order valence-electron chi connectivity index (χ1n) is 7.63. The third kappa shape index (κ3) is 4.46. The van der Waals surface area contributed by atoms with Crippen molar-refractivity contribution in [1.82, 2.24) is 10.2 Å². The Labute approximate surface area is 116 Å². The maximum Gasteiger partial charge on any atom is 0.327 e. The molecule has 0 aliphatic heterocycles. The third-order valence-corrected chi connectivity index (χ3v) is 4.17. The van der Waals surface area contributed by atoms with Crippen LogP contribution in [0.5, 0.6) is 0 Å². The van der Waals surface area contributed by atoms with Crippen molar-refractivity contribution in [3.63, 3.8) is 0 Å². The van der Waals surface area contributed by atoms with Gasteiger partial charge >= 0.3 is 5.97 Å². The summed E-state index contributed by atoms with van der Waals surface area (Å²) in [7, 11) is 1.48. The largest absolute Gasteiger partial charge is 0.468 e. The number of hydrogen-bond acceptors (Lipinski definition) is 4. The van der Waals surface area contributed by atoms with Crippen LogP contribution < -0.4 is 5.32 Å². The van der Waals surface area contributed by atoms with Gasteiger partial charge in [0, 0.05) is 19.6 Å². The van der Waals surface area contributed by atoms with Gasteiger partial charge in [-0.15, -0.1) is 0 Å². The molecule has 0 saturated heterocycles. The van der Waals surface area contributed by atoms with Crippen LogP contribution in [0, 0.1) is 11.8 Å². The summed E-state index contributed by atoms with van der Waals surface area (Å²) in [6.45, 7) is 7.85. The van der Waals surface area contributed by atoms with E-state index in [4.69, 9.17) is 4.74 Å². The van der Waals surface area contributed by atoms with E-state index in [1.54, 1.807) is 0 Å². The summed E-state index contributed by atoms with van der Waals surface area (Å²) in [6, 6.07) is 0. The standard InChI is InChI=1S/C15H28N2O2/c1-4-16-15(2,14(18)19-3)11-17(9-12-5-6-12)10-13-7-8-13/h12-13,16H,4-11H2,1-3H3. The molecule has 0 amide bonds. The molecule has 1 unspecified atom stereocenters. The highest BCUT2D eigenvalue weighted by molar-refractivity contribution is 5.80. The fourth-order valence-electron chi connectivity index (χ4n) is 2.79. The van der Waals surface area contributed by atoms with Gasteiger partial charge < -0.3 is 15.0 Å². The fourth-order valence-corrected chi connectivity index (χ4v) is 2.79. The monoisotopic (exact) mass is 268 g/mol. The molecule has 2 saturated carbocycles. The lowest BCUT2D eigenvalue weighted by Gasteiger charge is -2.34. The molecule has 4 heteroatoms. The molecular weight excluding hydrogens is 240 g/mol. The van der Waals surface area contributed by atoms with Gasteiger partial charge in [-0.2, -0.15) is 0 Å². The van der Waals surface area contributed by atoms with Gasteiger partial charge in [-0.05, 0) is 51.0 Å². The molecule has 0 heterocycles. The lowest BCUT2D eigenvalue weighted by Crippen LogP contribution is -2.57. The minimum Gasteiger partial charge on any atom is -0.468 e. The van der Waals surface area contributed by atoms with Gasteiger partial charge in [0.2, 0.25) is 0 Å². The van der Waals surface area contributed by atoms with E-state index >= 15 is 0 Å². The number of rotatable bonds is 9. The first-order valence-corrected chi connectivity index (χ1v) is 7.63. The zero-order chi connectivity index (χ0) is 13.9. The first-order chi connectivity index (χ1) is 9.07. The third-order valence-electron chi connectivity index (χ3n) is 4.17. The molecule has 1 atom stereocenters. The lowest BCUT2D eigenvalue weighted by molar-refractivity contribution is -0.148. The molecule has 2 aliphatic rings. The number of nitrogens with one attached hydrogen (secondary N) is 1. The number of carbonyl (C=O) groups excluding carboxylic acids is 1. The SMILES string of the molecule is CCNC(C)(CN(CC1CC1)CC1CC1)C(=O)OC. The molecule has 0 aromatic rings. The predicted octanol–water partition coefficient (Wildman–Crippen LogP) is 1.65. The van der Waals surface area contributed by atoms with Gasteiger partial charge in [0.1, 0.15) is 5.54 Å². The molecule has 110 valence electrons. The number of nitrogens with zero attached hydrogens (tertiary/aromatic N) is 1. The Morgan fingerprint density at radius 3 is 2.16 bits per heavy atom. The molecule has 0 aromatic heterocycles. The highest BCUT2D eigenvalue weighted by Gasteiger charge is 2.38. The van der Waals surface area contributed by atoms with E-state index in [-0.39, 0.29) is 5.97 Å². The molecule has 0 spiro atoms. The molecule has 19 heavy (non-hydrogen) atoms. The van der Waals surface area contributed by atoms with Gasteiger partial charge in [-0.25, -0.2) is 0 Å². The van der Waals surface area contributed by atoms with Crippen LogP contribution in [0.2, 0.25) is 0 Å². The summed E-state index contributed by atoms with van der Waals surface area (Å²) >= 11 is 0. The number of esters is 1. The van der Waals surface area contributed by atoms with Crippen LogP contribution in [0.1, 0.15) is 39.5 Å². The quantitative estimate of drug-likeness (QED) is 0.646. The first kappa shape index (κ1) is 14.8. The van der Waals surface area contributed by atoms with Crippen molar-refractivity contribution in [3.8, 4) is 0 Å². The lowest BCUT2D eigenvalue weighted by atomic mass is 10.0. The van der Waals surface area contributed by atoms with Gasteiger partial charge in [-0.3, -0.25) is 4.79 Å². The van der Waals surface area contributed by atoms with E-state index in [1.807, 2.05) is 13.8 Å². The molecular formula is C15H28N2O2. The van der Waals surface area contributed by atoms with Crippen LogP contribution in [-0.2, 0) is 9.53 Å². The molecule has 4 nitrogen and oxygen atoms in total. The number of likely N-dealkylation sites (N-methyl/N-ethyl adjacent to an activating group) is 1. The summed E-state index contributed by atoms with van der Waals surface area (Å²) in [4.78, 5) is 14.5. The Bertz CT molecular complexity index is 299. The smallest absolute Gasteiger partial charge is 0.327 e. The van der Waals surface area contributed by atoms with Crippen molar-refractivity contribution < 1.29 is 9.53 Å².